The molecule has 0 bridgehead atoms. The number of aromatic nitrogens is 1. The third-order valence-corrected chi connectivity index (χ3v) is 10.0. The van der Waals surface area contributed by atoms with Gasteiger partial charge in [0.05, 0.1) is 29.2 Å². The Bertz CT molecular complexity index is 1240. The highest BCUT2D eigenvalue weighted by Crippen LogP contribution is 2.39. The van der Waals surface area contributed by atoms with Gasteiger partial charge >= 0.3 is 12.2 Å². The lowest BCUT2D eigenvalue weighted by Crippen LogP contribution is -2.46. The van der Waals surface area contributed by atoms with Crippen LogP contribution in [0.4, 0.5) is 9.59 Å². The Kier molecular flexibility index (Phi) is 9.59. The van der Waals surface area contributed by atoms with E-state index in [2.05, 4.69) is 20.3 Å². The molecule has 4 rings (SSSR count). The molecule has 1 aromatic rings. The van der Waals surface area contributed by atoms with E-state index in [0.717, 1.165) is 35.6 Å². The largest absolute Gasteiger partial charge is 0.447 e. The molecule has 1 unspecified atom stereocenters. The summed E-state index contributed by atoms with van der Waals surface area (Å²) in [7, 11) is -3.80. The van der Waals surface area contributed by atoms with Gasteiger partial charge in [0.15, 0.2) is 6.10 Å². The lowest BCUT2D eigenvalue weighted by molar-refractivity contribution is -0.0985. The zero-order valence-corrected chi connectivity index (χ0v) is 25.3. The van der Waals surface area contributed by atoms with Gasteiger partial charge in [-0.1, -0.05) is 6.08 Å². The maximum Gasteiger partial charge on any atom is 0.411 e. The number of allylic oxidation sites excluding steroid dienone is 3. The second kappa shape index (κ2) is 12.6. The third kappa shape index (κ3) is 8.27. The molecule has 2 amide bonds. The quantitative estimate of drug-likeness (QED) is 0.405. The van der Waals surface area contributed by atoms with E-state index in [0.29, 0.717) is 24.5 Å². The summed E-state index contributed by atoms with van der Waals surface area (Å²) in [5.41, 5.74) is 0.442. The van der Waals surface area contributed by atoms with E-state index in [1.54, 1.807) is 53.0 Å². The van der Waals surface area contributed by atoms with Crippen molar-refractivity contribution in [3.8, 4) is 0 Å². The van der Waals surface area contributed by atoms with Crippen molar-refractivity contribution in [1.82, 2.24) is 20.3 Å². The molecule has 0 radical (unpaired) electrons. The summed E-state index contributed by atoms with van der Waals surface area (Å²) >= 11 is 1.50. The molecular formula is C27H40N4O7S2. The molecule has 0 spiro atoms. The first-order valence-electron chi connectivity index (χ1n) is 13.7. The van der Waals surface area contributed by atoms with E-state index in [1.165, 1.54) is 11.3 Å². The minimum atomic E-state index is -3.80. The molecule has 2 heterocycles. The Labute approximate surface area is 240 Å². The molecule has 2 fully saturated rings. The average molecular weight is 597 g/mol. The van der Waals surface area contributed by atoms with Crippen LogP contribution in [-0.4, -0.2) is 67.8 Å². The molecule has 1 atom stereocenters. The molecule has 11 nitrogen and oxygen atoms in total. The van der Waals surface area contributed by atoms with Crippen LogP contribution in [0.5, 0.6) is 0 Å². The Balaban J connectivity index is 1.45. The number of sulfonamides is 1. The van der Waals surface area contributed by atoms with E-state index in [4.69, 9.17) is 14.2 Å². The average Bonchev–Trinajstić information content (AvgIpc) is 3.30. The highest BCUT2D eigenvalue weighted by atomic mass is 32.2. The van der Waals surface area contributed by atoms with Crippen molar-refractivity contribution in [2.24, 2.45) is 0 Å². The summed E-state index contributed by atoms with van der Waals surface area (Å²) in [6, 6.07) is 0.0571. The second-order valence-electron chi connectivity index (χ2n) is 11.8. The van der Waals surface area contributed by atoms with Gasteiger partial charge in [0, 0.05) is 35.8 Å². The van der Waals surface area contributed by atoms with E-state index in [1.807, 2.05) is 0 Å². The zero-order chi connectivity index (χ0) is 29.1. The van der Waals surface area contributed by atoms with Gasteiger partial charge in [-0.3, -0.25) is 5.32 Å². The van der Waals surface area contributed by atoms with Crippen molar-refractivity contribution in [1.29, 1.82) is 0 Å². The number of hydrogen-bond donors (Lipinski definition) is 3. The number of rotatable bonds is 8. The van der Waals surface area contributed by atoms with Crippen LogP contribution in [0.15, 0.2) is 24.0 Å². The van der Waals surface area contributed by atoms with Gasteiger partial charge in [-0.05, 0) is 72.0 Å². The third-order valence-electron chi connectivity index (χ3n) is 6.73. The van der Waals surface area contributed by atoms with Gasteiger partial charge in [0.25, 0.3) is 0 Å². The van der Waals surface area contributed by atoms with Gasteiger partial charge < -0.3 is 19.5 Å². The molecule has 3 aliphatic rings. The van der Waals surface area contributed by atoms with Crippen LogP contribution >= 0.6 is 11.3 Å². The van der Waals surface area contributed by atoms with Crippen LogP contribution in [0.2, 0.25) is 0 Å². The molecule has 3 N–H and O–H groups in total. The molecule has 1 saturated carbocycles. The monoisotopic (exact) mass is 596 g/mol. The first-order chi connectivity index (χ1) is 18.8. The zero-order valence-electron chi connectivity index (χ0n) is 23.7. The number of hydrogen-bond acceptors (Lipinski definition) is 9. The van der Waals surface area contributed by atoms with Crippen LogP contribution in [0.25, 0.3) is 5.57 Å². The fourth-order valence-corrected chi connectivity index (χ4v) is 8.06. The van der Waals surface area contributed by atoms with Crippen molar-refractivity contribution >= 4 is 39.1 Å². The summed E-state index contributed by atoms with van der Waals surface area (Å²) in [5, 5.41) is 5.68. The van der Waals surface area contributed by atoms with Gasteiger partial charge in [0.1, 0.15) is 5.25 Å². The fourth-order valence-electron chi connectivity index (χ4n) is 4.89. The predicted octanol–water partition coefficient (Wildman–Crippen LogP) is 4.19. The normalized spacial score (nSPS) is 24.0. The molecule has 13 heteroatoms. The minimum Gasteiger partial charge on any atom is -0.447 e. The van der Waals surface area contributed by atoms with Crippen LogP contribution < -0.4 is 15.4 Å². The lowest BCUT2D eigenvalue weighted by atomic mass is 9.86. The predicted molar refractivity (Wildman–Crippen MR) is 152 cm³/mol. The van der Waals surface area contributed by atoms with E-state index < -0.39 is 33.0 Å². The number of carbonyl (C=O) groups is 2. The van der Waals surface area contributed by atoms with Gasteiger partial charge in [0.2, 0.25) is 10.0 Å². The Morgan fingerprint density at radius 2 is 1.80 bits per heavy atom. The second-order valence-corrected chi connectivity index (χ2v) is 14.7. The van der Waals surface area contributed by atoms with Crippen LogP contribution in [0.3, 0.4) is 0 Å². The smallest absolute Gasteiger partial charge is 0.411 e. The molecule has 1 aliphatic heterocycles. The molecular weight excluding hydrogens is 556 g/mol. The Morgan fingerprint density at radius 3 is 2.40 bits per heavy atom. The number of nitrogens with zero attached hydrogens (tertiary/aromatic N) is 1. The van der Waals surface area contributed by atoms with Crippen molar-refractivity contribution in [2.75, 3.05) is 13.2 Å². The fraction of sp³-hybridized carbons (Fsp3) is 0.667. The number of amides is 2. The summed E-state index contributed by atoms with van der Waals surface area (Å²) in [6.45, 7) is 9.79. The van der Waals surface area contributed by atoms with Crippen molar-refractivity contribution in [3.05, 3.63) is 33.9 Å². The number of ether oxygens (including phenoxy) is 3. The van der Waals surface area contributed by atoms with Crippen molar-refractivity contribution in [3.63, 3.8) is 0 Å². The molecule has 40 heavy (non-hydrogen) atoms. The highest BCUT2D eigenvalue weighted by molar-refractivity contribution is 7.90. The van der Waals surface area contributed by atoms with E-state index in [-0.39, 0.29) is 30.6 Å². The molecule has 1 aromatic heterocycles. The van der Waals surface area contributed by atoms with Gasteiger partial charge in [-0.2, -0.15) is 0 Å². The maximum atomic E-state index is 13.5. The van der Waals surface area contributed by atoms with E-state index in [9.17, 15) is 18.0 Å². The molecule has 222 valence electrons. The standard InChI is InChI=1S/C27H40N4O7S2/c1-16(2)37-25(32)30-19-10-11-21(23(12-19)40(34,35)31-27(3,4)5)22-13-28-24(39-22)17-6-8-18(9-7-17)29-26(33)38-20-14-36-15-20/h10-11,13,16-18,20,23,31H,6-9,12,14-15H2,1-5H3,(H,29,33)(H,30,32). The summed E-state index contributed by atoms with van der Waals surface area (Å²) < 4.78 is 45.3. The first-order valence-corrected chi connectivity index (χ1v) is 16.1. The SMILES string of the molecule is CC(C)OC(=O)NC1=CC=C(c2cnc(C3CCC(NC(=O)OC4COC4)CC3)s2)C(S(=O)(=O)NC(C)(C)C)C1. The molecule has 2 aliphatic carbocycles. The highest BCUT2D eigenvalue weighted by Gasteiger charge is 2.37. The maximum absolute atomic E-state index is 13.5. The topological polar surface area (TPSA) is 145 Å². The van der Waals surface area contributed by atoms with Gasteiger partial charge in [-0.25, -0.2) is 27.7 Å². The van der Waals surface area contributed by atoms with Crippen LogP contribution in [0, 0.1) is 0 Å². The number of thiazole rings is 1. The Morgan fingerprint density at radius 1 is 1.10 bits per heavy atom. The molecule has 0 aromatic carbocycles. The van der Waals surface area contributed by atoms with Gasteiger partial charge in [-0.15, -0.1) is 11.3 Å². The van der Waals surface area contributed by atoms with E-state index >= 15 is 0 Å². The summed E-state index contributed by atoms with van der Waals surface area (Å²) in [5.74, 6) is 0.235. The van der Waals surface area contributed by atoms with Crippen molar-refractivity contribution < 1.29 is 32.2 Å². The number of carbonyl (C=O) groups excluding carboxylic acids is 2. The van der Waals surface area contributed by atoms with Crippen LogP contribution in [-0.2, 0) is 24.2 Å². The number of alkyl carbamates (subject to hydrolysis) is 2. The summed E-state index contributed by atoms with van der Waals surface area (Å²) in [6.07, 6.45) is 7.21. The number of nitrogens with one attached hydrogen (secondary N) is 3. The molecule has 1 saturated heterocycles. The summed E-state index contributed by atoms with van der Waals surface area (Å²) in [4.78, 5) is 29.7. The lowest BCUT2D eigenvalue weighted by Gasteiger charge is -2.30. The first kappa shape index (κ1) is 30.5. The van der Waals surface area contributed by atoms with Crippen LogP contribution in [0.1, 0.15) is 82.5 Å². The van der Waals surface area contributed by atoms with Crippen molar-refractivity contribution in [2.45, 2.75) is 102 Å². The minimum absolute atomic E-state index is 0.0571. The Hall–Kier alpha value is -2.48.